The second-order valence-electron chi connectivity index (χ2n) is 10.1. The molecule has 0 saturated carbocycles. The Bertz CT molecular complexity index is 1320. The normalized spacial score (nSPS) is 21.1. The molecule has 3 aromatic rings. The van der Waals surface area contributed by atoms with Crippen molar-refractivity contribution in [3.05, 3.63) is 142 Å². The highest BCUT2D eigenvalue weighted by atomic mass is 14.6. The van der Waals surface area contributed by atoms with Crippen molar-refractivity contribution in [1.29, 1.82) is 0 Å². The maximum atomic E-state index is 6.57. The molecule has 0 fully saturated rings. The fourth-order valence-corrected chi connectivity index (χ4v) is 5.46. The van der Waals surface area contributed by atoms with Crippen LogP contribution in [0.1, 0.15) is 61.4 Å². The van der Waals surface area contributed by atoms with Gasteiger partial charge < -0.3 is 11.5 Å². The lowest BCUT2D eigenvalue weighted by atomic mass is 9.67. The summed E-state index contributed by atoms with van der Waals surface area (Å²) in [6.45, 7) is 8.94. The summed E-state index contributed by atoms with van der Waals surface area (Å²) in [7, 11) is 0. The quantitative estimate of drug-likeness (QED) is 0.385. The minimum Gasteiger partial charge on any atom is -0.404 e. The lowest BCUT2D eigenvalue weighted by Gasteiger charge is -2.37. The first kappa shape index (κ1) is 24.3. The molecule has 3 aromatic carbocycles. The van der Waals surface area contributed by atoms with Crippen molar-refractivity contribution in [2.45, 2.75) is 40.0 Å². The van der Waals surface area contributed by atoms with E-state index in [-0.39, 0.29) is 11.3 Å². The van der Waals surface area contributed by atoms with E-state index in [1.165, 1.54) is 27.8 Å². The van der Waals surface area contributed by atoms with Gasteiger partial charge in [0.25, 0.3) is 0 Å². The van der Waals surface area contributed by atoms with Gasteiger partial charge in [-0.2, -0.15) is 0 Å². The Morgan fingerprint density at radius 1 is 0.886 bits per heavy atom. The predicted molar refractivity (Wildman–Crippen MR) is 150 cm³/mol. The lowest BCUT2D eigenvalue weighted by Crippen LogP contribution is -2.25. The van der Waals surface area contributed by atoms with Gasteiger partial charge in [0.05, 0.1) is 0 Å². The number of allylic oxidation sites excluding steroid dienone is 6. The van der Waals surface area contributed by atoms with E-state index >= 15 is 0 Å². The van der Waals surface area contributed by atoms with Gasteiger partial charge in [-0.15, -0.1) is 0 Å². The van der Waals surface area contributed by atoms with E-state index in [0.29, 0.717) is 0 Å². The van der Waals surface area contributed by atoms with E-state index in [2.05, 4.69) is 107 Å². The van der Waals surface area contributed by atoms with Crippen LogP contribution in [0.15, 0.2) is 114 Å². The molecule has 1 aliphatic rings. The highest BCUT2D eigenvalue weighted by Crippen LogP contribution is 2.47. The molecule has 0 aromatic heterocycles. The topological polar surface area (TPSA) is 52.0 Å². The molecule has 0 heterocycles. The first-order valence-corrected chi connectivity index (χ1v) is 12.3. The molecule has 4 N–H and O–H groups in total. The second-order valence-corrected chi connectivity index (χ2v) is 10.1. The summed E-state index contributed by atoms with van der Waals surface area (Å²) in [6.07, 6.45) is 9.29. The largest absolute Gasteiger partial charge is 0.404 e. The van der Waals surface area contributed by atoms with Crippen molar-refractivity contribution in [2.24, 2.45) is 16.9 Å². The fourth-order valence-electron chi connectivity index (χ4n) is 5.46. The molecule has 2 heteroatoms. The van der Waals surface area contributed by atoms with Crippen LogP contribution < -0.4 is 11.5 Å². The molecular formula is C33H36N2. The van der Waals surface area contributed by atoms with Gasteiger partial charge in [-0.05, 0) is 65.2 Å². The molecule has 0 aliphatic heterocycles. The van der Waals surface area contributed by atoms with Crippen LogP contribution in [0.5, 0.6) is 0 Å². The van der Waals surface area contributed by atoms with Gasteiger partial charge in [0, 0.05) is 23.4 Å². The first-order valence-electron chi connectivity index (χ1n) is 12.3. The van der Waals surface area contributed by atoms with Crippen LogP contribution in [0, 0.1) is 5.41 Å². The molecule has 0 bridgehead atoms. The Kier molecular flexibility index (Phi) is 7.12. The maximum Gasteiger partial charge on any atom is 0.0393 e. The van der Waals surface area contributed by atoms with Crippen molar-refractivity contribution >= 4 is 11.3 Å². The number of hydrogen-bond donors (Lipinski definition) is 2. The zero-order valence-corrected chi connectivity index (χ0v) is 21.3. The third kappa shape index (κ3) is 5.17. The monoisotopic (exact) mass is 460 g/mol. The van der Waals surface area contributed by atoms with E-state index in [1.54, 1.807) is 6.20 Å². The molecule has 1 atom stereocenters. The number of benzene rings is 3. The highest BCUT2D eigenvalue weighted by molar-refractivity contribution is 5.78. The minimum atomic E-state index is -0.0986. The lowest BCUT2D eigenvalue weighted by molar-refractivity contribution is 0.412. The molecule has 0 unspecified atom stereocenters. The van der Waals surface area contributed by atoms with Gasteiger partial charge in [-0.1, -0.05) is 110 Å². The Morgan fingerprint density at radius 2 is 1.51 bits per heavy atom. The molecular weight excluding hydrogens is 424 g/mol. The van der Waals surface area contributed by atoms with Gasteiger partial charge in [0.15, 0.2) is 0 Å². The standard InChI is InChI=1S/C33H36N2/c1-23-20-31(35)28-16-10-11-17-29(28)32(33(3,4)21-23)27-15-9-8-14-26(27)19-18-24(2)30(22-34)25-12-6-5-7-13-25/h5-18,20-22,32H,19,34-35H2,1-4H3/b23-21-,24-18-,30-22+,31-20-/t32-/m0/s1. The Morgan fingerprint density at radius 3 is 2.23 bits per heavy atom. The Balaban J connectivity index is 1.79. The van der Waals surface area contributed by atoms with Crippen LogP contribution in [0.25, 0.3) is 11.3 Å². The third-order valence-electron chi connectivity index (χ3n) is 6.98. The van der Waals surface area contributed by atoms with Crippen LogP contribution in [-0.2, 0) is 6.42 Å². The zero-order valence-electron chi connectivity index (χ0n) is 21.3. The van der Waals surface area contributed by atoms with Crippen LogP contribution in [-0.4, -0.2) is 0 Å². The number of hydrogen-bond acceptors (Lipinski definition) is 2. The molecule has 0 saturated heterocycles. The molecule has 0 radical (unpaired) electrons. The van der Waals surface area contributed by atoms with Gasteiger partial charge in [-0.3, -0.25) is 0 Å². The maximum absolute atomic E-state index is 6.57. The Hall–Kier alpha value is -3.78. The summed E-state index contributed by atoms with van der Waals surface area (Å²) in [5.74, 6) is 0.171. The van der Waals surface area contributed by atoms with Crippen molar-refractivity contribution in [2.75, 3.05) is 0 Å². The minimum absolute atomic E-state index is 0.0986. The number of nitrogens with two attached hydrogens (primary N) is 2. The third-order valence-corrected chi connectivity index (χ3v) is 6.98. The summed E-state index contributed by atoms with van der Waals surface area (Å²) in [4.78, 5) is 0. The van der Waals surface area contributed by atoms with Gasteiger partial charge >= 0.3 is 0 Å². The van der Waals surface area contributed by atoms with E-state index in [4.69, 9.17) is 11.5 Å². The van der Waals surface area contributed by atoms with E-state index in [0.717, 1.165) is 28.8 Å². The van der Waals surface area contributed by atoms with Crippen LogP contribution in [0.4, 0.5) is 0 Å². The number of fused-ring (bicyclic) bond motifs is 1. The van der Waals surface area contributed by atoms with E-state index in [1.807, 2.05) is 18.2 Å². The summed E-state index contributed by atoms with van der Waals surface area (Å²) in [6, 6.07) is 27.7. The summed E-state index contributed by atoms with van der Waals surface area (Å²) in [5.41, 5.74) is 23.0. The zero-order chi connectivity index (χ0) is 25.0. The van der Waals surface area contributed by atoms with E-state index < -0.39 is 0 Å². The molecule has 1 aliphatic carbocycles. The van der Waals surface area contributed by atoms with Crippen LogP contribution >= 0.6 is 0 Å². The predicted octanol–water partition coefficient (Wildman–Crippen LogP) is 7.59. The average molecular weight is 461 g/mol. The van der Waals surface area contributed by atoms with Crippen LogP contribution in [0.3, 0.4) is 0 Å². The highest BCUT2D eigenvalue weighted by Gasteiger charge is 2.34. The smallest absolute Gasteiger partial charge is 0.0393 e. The molecule has 2 nitrogen and oxygen atoms in total. The molecule has 0 spiro atoms. The fraction of sp³-hybridized carbons (Fsp3) is 0.212. The Labute approximate surface area is 210 Å². The molecule has 35 heavy (non-hydrogen) atoms. The summed E-state index contributed by atoms with van der Waals surface area (Å²) in [5, 5.41) is 0. The SMILES string of the molecule is CC1=C/C(C)(C)[C@@H](c2ccccc2C/C=C(C)\C(=C/N)c2ccccc2)c2ccccc2\C(N)=C\1. The van der Waals surface area contributed by atoms with Gasteiger partial charge in [0.2, 0.25) is 0 Å². The summed E-state index contributed by atoms with van der Waals surface area (Å²) >= 11 is 0. The second kappa shape index (κ2) is 10.2. The first-order chi connectivity index (χ1) is 16.8. The van der Waals surface area contributed by atoms with Crippen molar-refractivity contribution in [3.63, 3.8) is 0 Å². The molecule has 0 amide bonds. The molecule has 178 valence electrons. The van der Waals surface area contributed by atoms with Gasteiger partial charge in [-0.25, -0.2) is 0 Å². The van der Waals surface area contributed by atoms with Gasteiger partial charge in [0.1, 0.15) is 0 Å². The van der Waals surface area contributed by atoms with Crippen molar-refractivity contribution < 1.29 is 0 Å². The average Bonchev–Trinajstić information content (AvgIpc) is 2.84. The van der Waals surface area contributed by atoms with Crippen molar-refractivity contribution in [3.8, 4) is 0 Å². The van der Waals surface area contributed by atoms with E-state index in [9.17, 15) is 0 Å². The summed E-state index contributed by atoms with van der Waals surface area (Å²) < 4.78 is 0. The van der Waals surface area contributed by atoms with Crippen LogP contribution in [0.2, 0.25) is 0 Å². The number of rotatable bonds is 5. The molecule has 4 rings (SSSR count). The van der Waals surface area contributed by atoms with Crippen molar-refractivity contribution in [1.82, 2.24) is 0 Å².